The van der Waals surface area contributed by atoms with Gasteiger partial charge in [0.15, 0.2) is 17.0 Å². The van der Waals surface area contributed by atoms with Gasteiger partial charge in [-0.3, -0.25) is 4.90 Å². The molecule has 2 aliphatic heterocycles. The van der Waals surface area contributed by atoms with Crippen molar-refractivity contribution in [1.82, 2.24) is 29.7 Å². The van der Waals surface area contributed by atoms with Gasteiger partial charge in [-0.1, -0.05) is 12.1 Å². The van der Waals surface area contributed by atoms with Crippen LogP contribution in [0.4, 0.5) is 54.5 Å². The molecule has 8 nitrogen and oxygen atoms in total. The fourth-order valence-corrected chi connectivity index (χ4v) is 5.16. The number of hydrogen-bond acceptors (Lipinski definition) is 5. The highest BCUT2D eigenvalue weighted by Gasteiger charge is 2.54. The molecule has 0 aliphatic carbocycles. The van der Waals surface area contributed by atoms with Gasteiger partial charge < -0.3 is 15.5 Å². The number of nitrogens with one attached hydrogen (secondary N) is 2. The number of carbonyl (C=O) groups excluding carboxylic acids is 1. The Kier molecular flexibility index (Phi) is 7.18. The Labute approximate surface area is 230 Å². The molecule has 18 heteroatoms. The summed E-state index contributed by atoms with van der Waals surface area (Å²) in [7, 11) is 0. The average Bonchev–Trinajstić information content (AvgIpc) is 3.27. The molecular weight excluding hydrogens is 592 g/mol. The normalized spacial score (nSPS) is 18.1. The summed E-state index contributed by atoms with van der Waals surface area (Å²) >= 11 is 0. The van der Waals surface area contributed by atoms with Crippen LogP contribution in [0.2, 0.25) is 0 Å². The van der Waals surface area contributed by atoms with Crippen LogP contribution in [-0.2, 0) is 12.4 Å². The van der Waals surface area contributed by atoms with E-state index in [-0.39, 0.29) is 19.6 Å². The minimum atomic E-state index is -4.97. The first-order valence-corrected chi connectivity index (χ1v) is 12.3. The van der Waals surface area contributed by atoms with E-state index in [2.05, 4.69) is 15.4 Å². The van der Waals surface area contributed by atoms with Crippen molar-refractivity contribution in [3.05, 3.63) is 59.2 Å². The van der Waals surface area contributed by atoms with Crippen molar-refractivity contribution in [2.45, 2.75) is 24.6 Å². The predicted molar refractivity (Wildman–Crippen MR) is 126 cm³/mol. The van der Waals surface area contributed by atoms with E-state index in [4.69, 9.17) is 0 Å². The molecule has 1 aromatic carbocycles. The van der Waals surface area contributed by atoms with E-state index >= 15 is 0 Å². The van der Waals surface area contributed by atoms with Crippen molar-refractivity contribution in [1.29, 1.82) is 0 Å². The van der Waals surface area contributed by atoms with E-state index in [9.17, 15) is 48.7 Å². The first-order valence-electron chi connectivity index (χ1n) is 12.3. The van der Waals surface area contributed by atoms with Gasteiger partial charge in [-0.2, -0.15) is 49.1 Å². The molecule has 2 fully saturated rings. The van der Waals surface area contributed by atoms with Crippen molar-refractivity contribution in [2.75, 3.05) is 44.6 Å². The summed E-state index contributed by atoms with van der Waals surface area (Å²) in [6.45, 7) is -0.582. The summed E-state index contributed by atoms with van der Waals surface area (Å²) < 4.78 is 132. The molecule has 0 radical (unpaired) electrons. The first kappa shape index (κ1) is 29.7. The number of aromatic nitrogens is 3. The number of amides is 2. The lowest BCUT2D eigenvalue weighted by Crippen LogP contribution is -2.74. The third-order valence-electron chi connectivity index (χ3n) is 7.04. The molecule has 0 saturated carbocycles. The molecular formula is C24H21F10N7O. The molecule has 2 saturated heterocycles. The minimum Gasteiger partial charge on any atom is -0.368 e. The average molecular weight is 613 g/mol. The van der Waals surface area contributed by atoms with Gasteiger partial charge >= 0.3 is 24.6 Å². The number of anilines is 1. The number of nitrogens with zero attached hydrogens (tertiary/aromatic N) is 5. The van der Waals surface area contributed by atoms with Gasteiger partial charge in [0, 0.05) is 50.3 Å². The van der Waals surface area contributed by atoms with Crippen LogP contribution in [-0.4, -0.2) is 75.9 Å². The van der Waals surface area contributed by atoms with E-state index in [1.54, 1.807) is 5.32 Å². The van der Waals surface area contributed by atoms with E-state index in [1.165, 1.54) is 29.2 Å². The number of alkyl halides is 9. The van der Waals surface area contributed by atoms with Gasteiger partial charge in [-0.25, -0.2) is 14.2 Å². The smallest absolute Gasteiger partial charge is 0.368 e. The summed E-state index contributed by atoms with van der Waals surface area (Å²) in [5, 5.41) is 7.89. The van der Waals surface area contributed by atoms with Gasteiger partial charge in [0.25, 0.3) is 0 Å². The molecule has 42 heavy (non-hydrogen) atoms. The lowest BCUT2D eigenvalue weighted by molar-refractivity contribution is -0.142. The molecule has 0 unspecified atom stereocenters. The second-order valence-corrected chi connectivity index (χ2v) is 10.3. The number of rotatable bonds is 6. The quantitative estimate of drug-likeness (QED) is 0.385. The Morgan fingerprint density at radius 2 is 1.52 bits per heavy atom. The lowest BCUT2D eigenvalue weighted by atomic mass is 9.72. The van der Waals surface area contributed by atoms with Gasteiger partial charge in [0.1, 0.15) is 18.2 Å². The SMILES string of the molecule is O=C(NCC(F)(F)F)N1CC2(C1)CN([C@H](CNc1cc(C(F)(F)F)nc3cc(C(F)(F)F)nn13)c1ccc(F)cc1)C2. The first-order chi connectivity index (χ1) is 19.4. The molecule has 1 atom stereocenters. The lowest BCUT2D eigenvalue weighted by Gasteiger charge is -2.61. The van der Waals surface area contributed by atoms with Crippen molar-refractivity contribution in [3.63, 3.8) is 0 Å². The van der Waals surface area contributed by atoms with Crippen LogP contribution in [0.5, 0.6) is 0 Å². The molecule has 5 rings (SSSR count). The van der Waals surface area contributed by atoms with E-state index in [0.717, 1.165) is 0 Å². The van der Waals surface area contributed by atoms with Crippen molar-refractivity contribution < 1.29 is 48.7 Å². The summed E-state index contributed by atoms with van der Waals surface area (Å²) in [6, 6.07) is 4.68. The van der Waals surface area contributed by atoms with Gasteiger partial charge in [0.05, 0.1) is 6.04 Å². The molecule has 2 amide bonds. The zero-order valence-electron chi connectivity index (χ0n) is 21.2. The second kappa shape index (κ2) is 10.2. The highest BCUT2D eigenvalue weighted by atomic mass is 19.4. The zero-order chi connectivity index (χ0) is 30.7. The van der Waals surface area contributed by atoms with E-state index in [0.29, 0.717) is 35.3 Å². The summed E-state index contributed by atoms with van der Waals surface area (Å²) in [5.74, 6) is -0.965. The number of benzene rings is 1. The Bertz CT molecular complexity index is 1450. The number of fused-ring (bicyclic) bond motifs is 1. The van der Waals surface area contributed by atoms with Crippen molar-refractivity contribution in [2.24, 2.45) is 5.41 Å². The maximum atomic E-state index is 13.6. The fraction of sp³-hybridized carbons (Fsp3) is 0.458. The third kappa shape index (κ3) is 6.17. The van der Waals surface area contributed by atoms with Gasteiger partial charge in [-0.15, -0.1) is 0 Å². The van der Waals surface area contributed by atoms with Crippen molar-refractivity contribution in [3.8, 4) is 0 Å². The van der Waals surface area contributed by atoms with E-state index in [1.807, 2.05) is 4.90 Å². The third-order valence-corrected chi connectivity index (χ3v) is 7.04. The van der Waals surface area contributed by atoms with Crippen LogP contribution in [0.25, 0.3) is 5.65 Å². The molecule has 1 spiro atoms. The fourth-order valence-electron chi connectivity index (χ4n) is 5.16. The zero-order valence-corrected chi connectivity index (χ0v) is 21.2. The number of likely N-dealkylation sites (tertiary alicyclic amines) is 2. The topological polar surface area (TPSA) is 77.8 Å². The molecule has 0 bridgehead atoms. The molecule has 4 heterocycles. The largest absolute Gasteiger partial charge is 0.435 e. The number of hydrogen-bond donors (Lipinski definition) is 2. The minimum absolute atomic E-state index is 0.144. The van der Waals surface area contributed by atoms with Gasteiger partial charge in [0.2, 0.25) is 0 Å². The van der Waals surface area contributed by atoms with Gasteiger partial charge in [-0.05, 0) is 17.7 Å². The monoisotopic (exact) mass is 613 g/mol. The van der Waals surface area contributed by atoms with Crippen LogP contribution in [0.3, 0.4) is 0 Å². The summed E-state index contributed by atoms with van der Waals surface area (Å²) in [5.41, 5.74) is -3.45. The molecule has 228 valence electrons. The number of urea groups is 1. The number of carbonyl (C=O) groups is 1. The Morgan fingerprint density at radius 3 is 2.10 bits per heavy atom. The molecule has 2 N–H and O–H groups in total. The Morgan fingerprint density at radius 1 is 0.905 bits per heavy atom. The van der Waals surface area contributed by atoms with Crippen LogP contribution in [0.1, 0.15) is 23.0 Å². The number of halogens is 10. The molecule has 2 aliphatic rings. The van der Waals surface area contributed by atoms with E-state index < -0.39 is 71.2 Å². The summed E-state index contributed by atoms with van der Waals surface area (Å²) in [6.07, 6.45) is -14.5. The highest BCUT2D eigenvalue weighted by molar-refractivity contribution is 5.75. The van der Waals surface area contributed by atoms with Crippen LogP contribution in [0.15, 0.2) is 36.4 Å². The Balaban J connectivity index is 1.34. The second-order valence-electron chi connectivity index (χ2n) is 10.3. The summed E-state index contributed by atoms with van der Waals surface area (Å²) in [4.78, 5) is 18.3. The maximum Gasteiger partial charge on any atom is 0.435 e. The Hall–Kier alpha value is -3.83. The van der Waals surface area contributed by atoms with Crippen molar-refractivity contribution >= 4 is 17.5 Å². The van der Waals surface area contributed by atoms with Crippen LogP contribution < -0.4 is 10.6 Å². The maximum absolute atomic E-state index is 13.6. The molecule has 3 aromatic rings. The predicted octanol–water partition coefficient (Wildman–Crippen LogP) is 4.95. The highest BCUT2D eigenvalue weighted by Crippen LogP contribution is 2.44. The standard InChI is InChI=1S/C24H21F10N7O/c25-14-3-1-13(2-4-14)15(39-9-21(10-39)11-40(12-21)20(42)36-8-22(26,27)28)7-35-18-5-16(23(29,30)31)37-19-6-17(24(32,33)34)38-41(18)19/h1-6,15,35H,7-12H2,(H,36,42)/t15-/m1/s1. The van der Waals surface area contributed by atoms with Crippen LogP contribution >= 0.6 is 0 Å². The molecule has 2 aromatic heterocycles. The van der Waals surface area contributed by atoms with Crippen LogP contribution in [0, 0.1) is 11.2 Å².